The van der Waals surface area contributed by atoms with Gasteiger partial charge in [-0.2, -0.15) is 5.10 Å². The van der Waals surface area contributed by atoms with Gasteiger partial charge in [0.15, 0.2) is 5.65 Å². The number of fused-ring (bicyclic) bond motifs is 1. The van der Waals surface area contributed by atoms with Crippen molar-refractivity contribution in [2.75, 3.05) is 13.7 Å². The highest BCUT2D eigenvalue weighted by Crippen LogP contribution is 2.21. The molecule has 0 radical (unpaired) electrons. The summed E-state index contributed by atoms with van der Waals surface area (Å²) < 4.78 is 6.24. The smallest absolute Gasteiger partial charge is 0.305 e. The third-order valence-electron chi connectivity index (χ3n) is 3.41. The van der Waals surface area contributed by atoms with Crippen LogP contribution in [0.4, 0.5) is 0 Å². The lowest BCUT2D eigenvalue weighted by atomic mass is 10.1. The van der Waals surface area contributed by atoms with E-state index in [1.165, 1.54) is 7.11 Å². The van der Waals surface area contributed by atoms with E-state index in [1.807, 2.05) is 13.8 Å². The topological polar surface area (TPSA) is 86.1 Å². The quantitative estimate of drug-likeness (QED) is 0.664. The zero-order valence-corrected chi connectivity index (χ0v) is 13.3. The Hall–Kier alpha value is -2.44. The lowest BCUT2D eigenvalue weighted by Crippen LogP contribution is -2.25. The van der Waals surface area contributed by atoms with Crippen molar-refractivity contribution < 1.29 is 14.3 Å². The molecule has 118 valence electrons. The fraction of sp³-hybridized carbons (Fsp3) is 0.467. The summed E-state index contributed by atoms with van der Waals surface area (Å²) in [5.74, 6) is -0.462. The van der Waals surface area contributed by atoms with Crippen molar-refractivity contribution in [3.05, 3.63) is 23.0 Å². The molecule has 0 saturated carbocycles. The third-order valence-corrected chi connectivity index (χ3v) is 3.41. The normalized spacial score (nSPS) is 10.7. The van der Waals surface area contributed by atoms with Gasteiger partial charge in [-0.1, -0.05) is 0 Å². The number of nitrogens with one attached hydrogen (secondary N) is 1. The molecule has 7 nitrogen and oxygen atoms in total. The van der Waals surface area contributed by atoms with E-state index in [0.29, 0.717) is 24.2 Å². The number of aromatic nitrogens is 3. The van der Waals surface area contributed by atoms with E-state index < -0.39 is 0 Å². The number of amides is 1. The van der Waals surface area contributed by atoms with Gasteiger partial charge in [0.25, 0.3) is 5.91 Å². The number of nitrogens with zero attached hydrogens (tertiary/aromatic N) is 3. The summed E-state index contributed by atoms with van der Waals surface area (Å²) in [7, 11) is 3.16. The Kier molecular flexibility index (Phi) is 4.75. The van der Waals surface area contributed by atoms with Crippen molar-refractivity contribution in [1.82, 2.24) is 20.1 Å². The number of ether oxygens (including phenoxy) is 1. The minimum atomic E-state index is -0.278. The van der Waals surface area contributed by atoms with E-state index in [9.17, 15) is 9.59 Å². The monoisotopic (exact) mass is 304 g/mol. The molecule has 0 aliphatic rings. The average Bonchev–Trinajstić information content (AvgIpc) is 2.77. The van der Waals surface area contributed by atoms with Gasteiger partial charge in [-0.25, -0.2) is 4.98 Å². The van der Waals surface area contributed by atoms with Crippen molar-refractivity contribution in [3.63, 3.8) is 0 Å². The second-order valence-corrected chi connectivity index (χ2v) is 5.15. The molecule has 2 heterocycles. The number of hydrogen-bond acceptors (Lipinski definition) is 5. The van der Waals surface area contributed by atoms with Crippen molar-refractivity contribution in [2.24, 2.45) is 7.05 Å². The molecule has 0 fully saturated rings. The minimum Gasteiger partial charge on any atom is -0.469 e. The minimum absolute atomic E-state index is 0.184. The lowest BCUT2D eigenvalue weighted by molar-refractivity contribution is -0.140. The first-order valence-electron chi connectivity index (χ1n) is 7.10. The summed E-state index contributed by atoms with van der Waals surface area (Å²) in [4.78, 5) is 27.9. The second-order valence-electron chi connectivity index (χ2n) is 5.15. The van der Waals surface area contributed by atoms with Gasteiger partial charge in [0.05, 0.1) is 23.8 Å². The summed E-state index contributed by atoms with van der Waals surface area (Å²) in [6.45, 7) is 4.11. The van der Waals surface area contributed by atoms with Crippen LogP contribution in [0.15, 0.2) is 6.07 Å². The summed E-state index contributed by atoms with van der Waals surface area (Å²) in [6.07, 6.45) is 0.825. The molecule has 2 aromatic rings. The van der Waals surface area contributed by atoms with Gasteiger partial charge in [0.2, 0.25) is 0 Å². The van der Waals surface area contributed by atoms with E-state index in [4.69, 9.17) is 0 Å². The van der Waals surface area contributed by atoms with Crippen LogP contribution < -0.4 is 5.32 Å². The van der Waals surface area contributed by atoms with E-state index >= 15 is 0 Å². The molecular weight excluding hydrogens is 284 g/mol. The first-order chi connectivity index (χ1) is 10.4. The number of aryl methyl sites for hydroxylation is 3. The molecule has 0 aliphatic heterocycles. The molecule has 0 unspecified atom stereocenters. The fourth-order valence-electron chi connectivity index (χ4n) is 2.38. The van der Waals surface area contributed by atoms with Crippen molar-refractivity contribution in [3.8, 4) is 0 Å². The number of esters is 1. The van der Waals surface area contributed by atoms with Crippen LogP contribution in [0.5, 0.6) is 0 Å². The highest BCUT2D eigenvalue weighted by atomic mass is 16.5. The Balaban J connectivity index is 2.16. The number of hydrogen-bond donors (Lipinski definition) is 1. The molecule has 0 atom stereocenters. The second kappa shape index (κ2) is 6.55. The molecule has 1 amide bonds. The number of methoxy groups -OCH3 is 1. The van der Waals surface area contributed by atoms with Crippen molar-refractivity contribution in [2.45, 2.75) is 26.7 Å². The molecule has 2 rings (SSSR count). The van der Waals surface area contributed by atoms with E-state index in [-0.39, 0.29) is 18.3 Å². The summed E-state index contributed by atoms with van der Waals surface area (Å²) in [5, 5.41) is 7.90. The number of carbonyl (C=O) groups excluding carboxylic acids is 2. The van der Waals surface area contributed by atoms with Gasteiger partial charge in [-0.05, 0) is 26.3 Å². The number of pyridine rings is 1. The van der Waals surface area contributed by atoms with E-state index in [1.54, 1.807) is 17.8 Å². The highest BCUT2D eigenvalue weighted by molar-refractivity contribution is 6.06. The zero-order valence-electron chi connectivity index (χ0n) is 13.3. The molecule has 1 N–H and O–H groups in total. The van der Waals surface area contributed by atoms with Crippen LogP contribution in [0.25, 0.3) is 11.0 Å². The molecule has 0 aromatic carbocycles. The van der Waals surface area contributed by atoms with Crippen molar-refractivity contribution in [1.29, 1.82) is 0 Å². The van der Waals surface area contributed by atoms with Crippen LogP contribution in [0, 0.1) is 13.8 Å². The first kappa shape index (κ1) is 15.9. The first-order valence-corrected chi connectivity index (χ1v) is 7.10. The molecular formula is C15H20N4O3. The third kappa shape index (κ3) is 3.24. The van der Waals surface area contributed by atoms with Gasteiger partial charge >= 0.3 is 5.97 Å². The van der Waals surface area contributed by atoms with Gasteiger partial charge < -0.3 is 10.1 Å². The molecule has 0 aliphatic carbocycles. The van der Waals surface area contributed by atoms with Crippen LogP contribution in [0.1, 0.15) is 34.6 Å². The molecule has 0 bridgehead atoms. The molecule has 0 spiro atoms. The maximum Gasteiger partial charge on any atom is 0.305 e. The van der Waals surface area contributed by atoms with Crippen LogP contribution >= 0.6 is 0 Å². The van der Waals surface area contributed by atoms with Gasteiger partial charge in [0, 0.05) is 25.7 Å². The van der Waals surface area contributed by atoms with Gasteiger partial charge in [-0.3, -0.25) is 14.3 Å². The summed E-state index contributed by atoms with van der Waals surface area (Å²) in [6, 6.07) is 1.76. The summed E-state index contributed by atoms with van der Waals surface area (Å²) >= 11 is 0. The van der Waals surface area contributed by atoms with Crippen molar-refractivity contribution >= 4 is 22.9 Å². The Morgan fingerprint density at radius 1 is 1.36 bits per heavy atom. The Labute approximate surface area is 128 Å². The Morgan fingerprint density at radius 2 is 2.09 bits per heavy atom. The van der Waals surface area contributed by atoms with Crippen LogP contribution in [-0.4, -0.2) is 40.3 Å². The molecule has 2 aromatic heterocycles. The number of rotatable bonds is 5. The van der Waals surface area contributed by atoms with Gasteiger partial charge in [-0.15, -0.1) is 0 Å². The molecule has 7 heteroatoms. The van der Waals surface area contributed by atoms with E-state index in [0.717, 1.165) is 16.8 Å². The zero-order chi connectivity index (χ0) is 16.3. The standard InChI is InChI=1S/C15H20N4O3/c1-9-8-11(13-10(2)18-19(3)14(13)17-9)15(21)16-7-5-6-12(20)22-4/h8H,5-7H2,1-4H3,(H,16,21). The molecule has 22 heavy (non-hydrogen) atoms. The predicted octanol–water partition coefficient (Wildman–Crippen LogP) is 1.27. The van der Waals surface area contributed by atoms with Crippen LogP contribution in [0.3, 0.4) is 0 Å². The largest absolute Gasteiger partial charge is 0.469 e. The maximum absolute atomic E-state index is 12.4. The molecule has 0 saturated heterocycles. The average molecular weight is 304 g/mol. The fourth-order valence-corrected chi connectivity index (χ4v) is 2.38. The van der Waals surface area contributed by atoms with Crippen LogP contribution in [0.2, 0.25) is 0 Å². The van der Waals surface area contributed by atoms with E-state index in [2.05, 4.69) is 20.1 Å². The predicted molar refractivity (Wildman–Crippen MR) is 81.6 cm³/mol. The Bertz CT molecular complexity index is 721. The SMILES string of the molecule is COC(=O)CCCNC(=O)c1cc(C)nc2c1c(C)nn2C. The Morgan fingerprint density at radius 3 is 2.77 bits per heavy atom. The maximum atomic E-state index is 12.4. The number of carbonyl (C=O) groups is 2. The van der Waals surface area contributed by atoms with Gasteiger partial charge in [0.1, 0.15) is 0 Å². The van der Waals surface area contributed by atoms with Crippen LogP contribution in [-0.2, 0) is 16.6 Å². The lowest BCUT2D eigenvalue weighted by Gasteiger charge is -2.07. The summed E-state index contributed by atoms with van der Waals surface area (Å²) in [5.41, 5.74) is 2.78. The highest BCUT2D eigenvalue weighted by Gasteiger charge is 2.17.